The fourth-order valence-electron chi connectivity index (χ4n) is 0.945. The van der Waals surface area contributed by atoms with Crippen LogP contribution in [-0.2, 0) is 4.79 Å². The number of hydrogen-bond donors (Lipinski definition) is 1. The molecule has 3 heteroatoms. The second-order valence-corrected chi connectivity index (χ2v) is 2.84. The topological polar surface area (TPSA) is 50.2 Å². The number of carbonyl (C=O) groups is 1. The average Bonchev–Trinajstić information content (AvgIpc) is 2.15. The van der Waals surface area contributed by atoms with E-state index in [9.17, 15) is 4.79 Å². The largest absolute Gasteiger partial charge is 0.478 e. The molecule has 0 atom stereocenters. The van der Waals surface area contributed by atoms with Crippen LogP contribution in [0.5, 0.6) is 0 Å². The smallest absolute Gasteiger partial charge is 0.328 e. The Morgan fingerprint density at radius 1 is 1.43 bits per heavy atom. The number of aliphatic carboxylic acids is 1. The molecule has 0 unspecified atom stereocenters. The van der Waals surface area contributed by atoms with Crippen molar-refractivity contribution in [2.45, 2.75) is 6.92 Å². The summed E-state index contributed by atoms with van der Waals surface area (Å²) in [4.78, 5) is 14.2. The van der Waals surface area contributed by atoms with E-state index in [1.807, 2.05) is 18.2 Å². The fraction of sp³-hybridized carbons (Fsp3) is 0.0909. The first-order valence-electron chi connectivity index (χ1n) is 4.18. The van der Waals surface area contributed by atoms with Crippen LogP contribution in [0, 0.1) is 0 Å². The van der Waals surface area contributed by atoms with Gasteiger partial charge in [-0.15, -0.1) is 0 Å². The first-order chi connectivity index (χ1) is 6.68. The zero-order valence-corrected chi connectivity index (χ0v) is 7.84. The van der Waals surface area contributed by atoms with Crippen molar-refractivity contribution in [3.05, 3.63) is 47.8 Å². The van der Waals surface area contributed by atoms with Gasteiger partial charge < -0.3 is 5.11 Å². The molecule has 14 heavy (non-hydrogen) atoms. The molecule has 0 aliphatic heterocycles. The molecule has 0 bridgehead atoms. The van der Waals surface area contributed by atoms with E-state index in [0.29, 0.717) is 5.57 Å². The van der Waals surface area contributed by atoms with Gasteiger partial charge in [0.1, 0.15) is 0 Å². The normalized spacial score (nSPS) is 11.9. The van der Waals surface area contributed by atoms with E-state index in [0.717, 1.165) is 11.6 Å². The Labute approximate surface area is 82.4 Å². The minimum absolute atomic E-state index is 0.703. The van der Waals surface area contributed by atoms with Gasteiger partial charge in [0.2, 0.25) is 0 Å². The monoisotopic (exact) mass is 189 g/mol. The number of pyridine rings is 1. The maximum Gasteiger partial charge on any atom is 0.328 e. The van der Waals surface area contributed by atoms with E-state index < -0.39 is 5.97 Å². The lowest BCUT2D eigenvalue weighted by Gasteiger charge is -1.91. The molecule has 1 N–H and O–H groups in total. The Morgan fingerprint density at radius 2 is 2.07 bits per heavy atom. The van der Waals surface area contributed by atoms with Gasteiger partial charge in [0, 0.05) is 18.5 Å². The number of carboxylic acids is 1. The van der Waals surface area contributed by atoms with Gasteiger partial charge in [-0.3, -0.25) is 4.98 Å². The molecule has 1 rings (SSSR count). The summed E-state index contributed by atoms with van der Waals surface area (Å²) < 4.78 is 0. The Morgan fingerprint density at radius 3 is 2.64 bits per heavy atom. The van der Waals surface area contributed by atoms with Gasteiger partial charge in [-0.25, -0.2) is 4.79 Å². The molecule has 0 aliphatic carbocycles. The molecule has 0 amide bonds. The quantitative estimate of drug-likeness (QED) is 0.585. The van der Waals surface area contributed by atoms with E-state index in [1.54, 1.807) is 25.4 Å². The molecule has 0 radical (unpaired) electrons. The summed E-state index contributed by atoms with van der Waals surface area (Å²) in [6.45, 7) is 1.74. The summed E-state index contributed by atoms with van der Waals surface area (Å²) in [6, 6.07) is 3.70. The maximum absolute atomic E-state index is 10.3. The molecule has 0 fully saturated rings. The van der Waals surface area contributed by atoms with Crippen molar-refractivity contribution in [1.29, 1.82) is 0 Å². The number of rotatable bonds is 3. The molecule has 72 valence electrons. The summed E-state index contributed by atoms with van der Waals surface area (Å²) in [5, 5.41) is 8.46. The van der Waals surface area contributed by atoms with Crippen LogP contribution in [0.1, 0.15) is 12.5 Å². The van der Waals surface area contributed by atoms with Crippen molar-refractivity contribution in [1.82, 2.24) is 4.98 Å². The molecule has 0 saturated carbocycles. The van der Waals surface area contributed by atoms with Gasteiger partial charge in [0.05, 0.1) is 0 Å². The lowest BCUT2D eigenvalue weighted by molar-refractivity contribution is -0.131. The molecule has 0 saturated heterocycles. The van der Waals surface area contributed by atoms with Crippen molar-refractivity contribution < 1.29 is 9.90 Å². The Hall–Kier alpha value is -1.90. The van der Waals surface area contributed by atoms with Crippen molar-refractivity contribution in [2.24, 2.45) is 0 Å². The summed E-state index contributed by atoms with van der Waals surface area (Å²) in [6.07, 6.45) is 8.14. The second kappa shape index (κ2) is 4.97. The first kappa shape index (κ1) is 10.2. The standard InChI is InChI=1S/C11H11NO2/c1-9(8-11(13)14)2-3-10-4-6-12-7-5-10/h2-8H,1H3,(H,13,14)/b3-2+,9-8-. The average molecular weight is 189 g/mol. The number of allylic oxidation sites excluding steroid dienone is 2. The first-order valence-corrected chi connectivity index (χ1v) is 4.18. The van der Waals surface area contributed by atoms with Crippen molar-refractivity contribution in [2.75, 3.05) is 0 Å². The predicted octanol–water partition coefficient (Wildman–Crippen LogP) is 2.13. The van der Waals surface area contributed by atoms with Crippen molar-refractivity contribution in [3.63, 3.8) is 0 Å². The predicted molar refractivity (Wildman–Crippen MR) is 54.7 cm³/mol. The number of nitrogens with zero attached hydrogens (tertiary/aromatic N) is 1. The highest BCUT2D eigenvalue weighted by Gasteiger charge is 1.89. The van der Waals surface area contributed by atoms with Crippen molar-refractivity contribution >= 4 is 12.0 Å². The van der Waals surface area contributed by atoms with Gasteiger partial charge in [-0.2, -0.15) is 0 Å². The molecule has 1 heterocycles. The Balaban J connectivity index is 2.70. The van der Waals surface area contributed by atoms with Crippen LogP contribution in [0.25, 0.3) is 6.08 Å². The van der Waals surface area contributed by atoms with E-state index in [1.165, 1.54) is 0 Å². The maximum atomic E-state index is 10.3. The van der Waals surface area contributed by atoms with Crippen LogP contribution in [0.15, 0.2) is 42.3 Å². The third-order valence-corrected chi connectivity index (χ3v) is 1.60. The molecular weight excluding hydrogens is 178 g/mol. The molecule has 1 aromatic rings. The Bertz CT molecular complexity index is 366. The molecule has 1 aromatic heterocycles. The minimum atomic E-state index is -0.929. The fourth-order valence-corrected chi connectivity index (χ4v) is 0.945. The second-order valence-electron chi connectivity index (χ2n) is 2.84. The highest BCUT2D eigenvalue weighted by Crippen LogP contribution is 2.03. The SMILES string of the molecule is CC(=C/C(=O)O)/C=C/c1ccncc1. The van der Waals surface area contributed by atoms with Gasteiger partial charge in [0.25, 0.3) is 0 Å². The summed E-state index contributed by atoms with van der Waals surface area (Å²) in [7, 11) is 0. The molecule has 0 aliphatic rings. The summed E-state index contributed by atoms with van der Waals surface area (Å²) >= 11 is 0. The van der Waals surface area contributed by atoms with Crippen LogP contribution in [0.4, 0.5) is 0 Å². The van der Waals surface area contributed by atoms with E-state index in [-0.39, 0.29) is 0 Å². The van der Waals surface area contributed by atoms with Crippen molar-refractivity contribution in [3.8, 4) is 0 Å². The summed E-state index contributed by atoms with van der Waals surface area (Å²) in [5.41, 5.74) is 1.70. The minimum Gasteiger partial charge on any atom is -0.478 e. The van der Waals surface area contributed by atoms with E-state index >= 15 is 0 Å². The molecular formula is C11H11NO2. The lowest BCUT2D eigenvalue weighted by atomic mass is 10.2. The summed E-state index contributed by atoms with van der Waals surface area (Å²) in [5.74, 6) is -0.929. The molecule has 0 aromatic carbocycles. The molecule has 3 nitrogen and oxygen atoms in total. The van der Waals surface area contributed by atoms with E-state index in [2.05, 4.69) is 4.98 Å². The third kappa shape index (κ3) is 3.67. The van der Waals surface area contributed by atoms with Crippen LogP contribution in [0.3, 0.4) is 0 Å². The zero-order valence-electron chi connectivity index (χ0n) is 7.84. The van der Waals surface area contributed by atoms with Gasteiger partial charge in [0.15, 0.2) is 0 Å². The van der Waals surface area contributed by atoms with Gasteiger partial charge >= 0.3 is 5.97 Å². The lowest BCUT2D eigenvalue weighted by Crippen LogP contribution is -1.87. The van der Waals surface area contributed by atoms with E-state index in [4.69, 9.17) is 5.11 Å². The highest BCUT2D eigenvalue weighted by atomic mass is 16.4. The number of carboxylic acid groups (broad SMARTS) is 1. The van der Waals surface area contributed by atoms with Crippen LogP contribution >= 0.6 is 0 Å². The van der Waals surface area contributed by atoms with Gasteiger partial charge in [-0.1, -0.05) is 12.2 Å². The van der Waals surface area contributed by atoms with Crippen LogP contribution in [-0.4, -0.2) is 16.1 Å². The number of hydrogen-bond acceptors (Lipinski definition) is 2. The number of aromatic nitrogens is 1. The van der Waals surface area contributed by atoms with Crippen LogP contribution < -0.4 is 0 Å². The Kier molecular flexibility index (Phi) is 3.61. The third-order valence-electron chi connectivity index (χ3n) is 1.60. The van der Waals surface area contributed by atoms with Gasteiger partial charge in [-0.05, 0) is 30.2 Å². The highest BCUT2D eigenvalue weighted by molar-refractivity contribution is 5.81. The molecule has 0 spiro atoms. The zero-order chi connectivity index (χ0) is 10.4. The van der Waals surface area contributed by atoms with Crippen LogP contribution in [0.2, 0.25) is 0 Å².